The van der Waals surface area contributed by atoms with Crippen molar-refractivity contribution in [2.75, 3.05) is 44.7 Å². The topological polar surface area (TPSA) is 130 Å². The molecule has 0 unspecified atom stereocenters. The summed E-state index contributed by atoms with van der Waals surface area (Å²) < 4.78 is 10.8. The average Bonchev–Trinajstić information content (AvgIpc) is 3.69. The number of hydrogen-bond donors (Lipinski definition) is 2. The lowest BCUT2D eigenvalue weighted by Gasteiger charge is -2.48. The van der Waals surface area contributed by atoms with Crippen LogP contribution in [0.25, 0.3) is 21.1 Å². The lowest BCUT2D eigenvalue weighted by Crippen LogP contribution is -2.62. The number of likely N-dealkylation sites (tertiary alicyclic amines) is 2. The van der Waals surface area contributed by atoms with E-state index in [1.807, 2.05) is 55.3 Å². The Balaban J connectivity index is 1.16. The highest BCUT2D eigenvalue weighted by Crippen LogP contribution is 2.36. The van der Waals surface area contributed by atoms with Crippen molar-refractivity contribution in [1.29, 1.82) is 0 Å². The molecule has 0 saturated carbocycles. The van der Waals surface area contributed by atoms with E-state index in [1.165, 1.54) is 17.7 Å². The highest BCUT2D eigenvalue weighted by molar-refractivity contribution is 7.20. The van der Waals surface area contributed by atoms with Crippen LogP contribution in [0.5, 0.6) is 0 Å². The fraction of sp³-hybridized carbons (Fsp3) is 0.452. The highest BCUT2D eigenvalue weighted by atomic mass is 32.1. The standard InChI is InChI=1S/C31H36N6O5S/c1-3-41-29(39)21-8-13-37(14-9-21)31(30(40)42-4-2)10-15-36(16-11-31)28(38)25-18-23-26(33-19-34-27(23)43-25)35-22-6-5-20-7-12-32-24(20)17-22/h5-7,12,17-19,21,32H,3-4,8-11,13-16H2,1-2H3,(H,33,34,35). The summed E-state index contributed by atoms with van der Waals surface area (Å²) in [6.45, 7) is 6.35. The SMILES string of the molecule is CCOC(=O)C1CCN(C2(C(=O)OCC)CCN(C(=O)c3cc4c(Nc5ccc6cc[nH]c6c5)ncnc4s3)CC2)CC1. The number of esters is 2. The van der Waals surface area contributed by atoms with E-state index >= 15 is 0 Å². The third-order valence-electron chi connectivity index (χ3n) is 8.61. The van der Waals surface area contributed by atoms with Crippen molar-refractivity contribution in [3.8, 4) is 0 Å². The summed E-state index contributed by atoms with van der Waals surface area (Å²) >= 11 is 1.34. The van der Waals surface area contributed by atoms with Gasteiger partial charge in [0.2, 0.25) is 0 Å². The lowest BCUT2D eigenvalue weighted by molar-refractivity contribution is -0.164. The van der Waals surface area contributed by atoms with Crippen LogP contribution in [0.1, 0.15) is 49.2 Å². The molecular formula is C31H36N6O5S. The van der Waals surface area contributed by atoms with Crippen LogP contribution in [0, 0.1) is 5.92 Å². The van der Waals surface area contributed by atoms with Crippen LogP contribution in [0.2, 0.25) is 0 Å². The molecule has 0 spiro atoms. The number of aromatic nitrogens is 3. The van der Waals surface area contributed by atoms with Gasteiger partial charge in [0.15, 0.2) is 0 Å². The molecule has 2 N–H and O–H groups in total. The minimum Gasteiger partial charge on any atom is -0.466 e. The third kappa shape index (κ3) is 5.68. The van der Waals surface area contributed by atoms with Gasteiger partial charge in [0, 0.05) is 43.6 Å². The molecule has 2 fully saturated rings. The number of nitrogens with zero attached hydrogens (tertiary/aromatic N) is 4. The molecule has 4 aromatic rings. The van der Waals surface area contributed by atoms with Gasteiger partial charge in [-0.2, -0.15) is 0 Å². The molecule has 2 aliphatic heterocycles. The number of aromatic amines is 1. The Labute approximate surface area is 253 Å². The predicted molar refractivity (Wildman–Crippen MR) is 164 cm³/mol. The van der Waals surface area contributed by atoms with Crippen LogP contribution in [0.4, 0.5) is 11.5 Å². The van der Waals surface area contributed by atoms with Gasteiger partial charge in [-0.15, -0.1) is 11.3 Å². The van der Waals surface area contributed by atoms with Crippen LogP contribution in [-0.2, 0) is 19.1 Å². The summed E-state index contributed by atoms with van der Waals surface area (Å²) in [7, 11) is 0. The second-order valence-electron chi connectivity index (χ2n) is 11.0. The van der Waals surface area contributed by atoms with Gasteiger partial charge in [0.25, 0.3) is 5.91 Å². The fourth-order valence-electron chi connectivity index (χ4n) is 6.28. The number of rotatable bonds is 8. The van der Waals surface area contributed by atoms with E-state index in [1.54, 1.807) is 0 Å². The normalized spacial score (nSPS) is 17.7. The molecule has 2 saturated heterocycles. The first-order valence-electron chi connectivity index (χ1n) is 14.9. The number of fused-ring (bicyclic) bond motifs is 2. The van der Waals surface area contributed by atoms with Crippen LogP contribution in [0.3, 0.4) is 0 Å². The van der Waals surface area contributed by atoms with Gasteiger partial charge >= 0.3 is 11.9 Å². The first-order chi connectivity index (χ1) is 20.9. The van der Waals surface area contributed by atoms with Gasteiger partial charge in [-0.05, 0) is 69.2 Å². The zero-order valence-electron chi connectivity index (χ0n) is 24.4. The molecule has 1 aromatic carbocycles. The van der Waals surface area contributed by atoms with Crippen molar-refractivity contribution in [1.82, 2.24) is 24.8 Å². The Kier molecular flexibility index (Phi) is 8.31. The summed E-state index contributed by atoms with van der Waals surface area (Å²) in [5.41, 5.74) is 1.09. The molecule has 0 bridgehead atoms. The number of thiophene rings is 1. The Morgan fingerprint density at radius 1 is 1.02 bits per heavy atom. The van der Waals surface area contributed by atoms with Crippen molar-refractivity contribution in [3.05, 3.63) is 47.7 Å². The molecule has 43 heavy (non-hydrogen) atoms. The van der Waals surface area contributed by atoms with Crippen molar-refractivity contribution in [2.45, 2.75) is 45.1 Å². The van der Waals surface area contributed by atoms with Crippen LogP contribution < -0.4 is 5.32 Å². The number of hydrogen-bond acceptors (Lipinski definition) is 10. The number of carbonyl (C=O) groups is 3. The van der Waals surface area contributed by atoms with Gasteiger partial charge in [-0.25, -0.2) is 9.97 Å². The van der Waals surface area contributed by atoms with E-state index in [0.717, 1.165) is 26.8 Å². The fourth-order valence-corrected chi connectivity index (χ4v) is 7.24. The average molecular weight is 605 g/mol. The Morgan fingerprint density at radius 2 is 1.79 bits per heavy atom. The van der Waals surface area contributed by atoms with Gasteiger partial charge in [-0.3, -0.25) is 19.3 Å². The molecule has 0 radical (unpaired) electrons. The zero-order valence-corrected chi connectivity index (χ0v) is 25.2. The van der Waals surface area contributed by atoms with Gasteiger partial charge in [0.1, 0.15) is 22.5 Å². The third-order valence-corrected chi connectivity index (χ3v) is 9.64. The number of carbonyl (C=O) groups excluding carboxylic acids is 3. The Hall–Kier alpha value is -4.03. The summed E-state index contributed by atoms with van der Waals surface area (Å²) in [4.78, 5) is 56.7. The lowest BCUT2D eigenvalue weighted by atomic mass is 9.82. The molecule has 226 valence electrons. The van der Waals surface area contributed by atoms with Gasteiger partial charge < -0.3 is 24.7 Å². The molecule has 2 aliphatic rings. The zero-order chi connectivity index (χ0) is 30.0. The number of anilines is 2. The molecule has 1 amide bonds. The molecule has 0 aliphatic carbocycles. The molecule has 0 atom stereocenters. The summed E-state index contributed by atoms with van der Waals surface area (Å²) in [5, 5.41) is 5.28. The van der Waals surface area contributed by atoms with Gasteiger partial charge in [0.05, 0.1) is 29.4 Å². The maximum Gasteiger partial charge on any atom is 0.326 e. The van der Waals surface area contributed by atoms with E-state index in [-0.39, 0.29) is 23.8 Å². The minimum atomic E-state index is -0.810. The number of amides is 1. The van der Waals surface area contributed by atoms with Crippen molar-refractivity contribution < 1.29 is 23.9 Å². The summed E-state index contributed by atoms with van der Waals surface area (Å²) in [6, 6.07) is 9.91. The Bertz CT molecular complexity index is 1630. The van der Waals surface area contributed by atoms with Crippen LogP contribution >= 0.6 is 11.3 Å². The maximum atomic E-state index is 13.7. The molecule has 11 nitrogen and oxygen atoms in total. The second kappa shape index (κ2) is 12.3. The monoisotopic (exact) mass is 604 g/mol. The smallest absolute Gasteiger partial charge is 0.326 e. The highest BCUT2D eigenvalue weighted by Gasteiger charge is 2.49. The minimum absolute atomic E-state index is 0.0831. The van der Waals surface area contributed by atoms with E-state index in [0.29, 0.717) is 75.8 Å². The van der Waals surface area contributed by atoms with Crippen molar-refractivity contribution >= 4 is 61.8 Å². The van der Waals surface area contributed by atoms with Crippen molar-refractivity contribution in [2.24, 2.45) is 5.92 Å². The number of nitrogens with one attached hydrogen (secondary N) is 2. The van der Waals surface area contributed by atoms with Gasteiger partial charge in [-0.1, -0.05) is 6.07 Å². The van der Waals surface area contributed by atoms with E-state index in [2.05, 4.69) is 25.2 Å². The summed E-state index contributed by atoms with van der Waals surface area (Å²) in [6.07, 6.45) is 5.63. The van der Waals surface area contributed by atoms with Crippen LogP contribution in [-0.4, -0.2) is 87.5 Å². The number of benzene rings is 1. The molecule has 6 rings (SSSR count). The Morgan fingerprint density at radius 3 is 2.53 bits per heavy atom. The molecule has 3 aromatic heterocycles. The second-order valence-corrected chi connectivity index (χ2v) is 12.0. The van der Waals surface area contributed by atoms with Crippen molar-refractivity contribution in [3.63, 3.8) is 0 Å². The van der Waals surface area contributed by atoms with E-state index < -0.39 is 5.54 Å². The quantitative estimate of drug-likeness (QED) is 0.274. The predicted octanol–water partition coefficient (Wildman–Crippen LogP) is 4.73. The first kappa shape index (κ1) is 29.1. The number of H-pyrrole nitrogens is 1. The number of ether oxygens (including phenoxy) is 2. The van der Waals surface area contributed by atoms with E-state index in [4.69, 9.17) is 9.47 Å². The number of piperidine rings is 2. The molecule has 5 heterocycles. The van der Waals surface area contributed by atoms with E-state index in [9.17, 15) is 14.4 Å². The largest absolute Gasteiger partial charge is 0.466 e. The molecule has 12 heteroatoms. The first-order valence-corrected chi connectivity index (χ1v) is 15.7. The van der Waals surface area contributed by atoms with Crippen LogP contribution in [0.15, 0.2) is 42.9 Å². The maximum absolute atomic E-state index is 13.7. The molecular weight excluding hydrogens is 568 g/mol. The summed E-state index contributed by atoms with van der Waals surface area (Å²) in [5.74, 6) is -0.00987.